The van der Waals surface area contributed by atoms with Crippen LogP contribution in [0.3, 0.4) is 0 Å². The Balaban J connectivity index is 1.83. The number of nitrogens with zero attached hydrogens (tertiary/aromatic N) is 1. The Kier molecular flexibility index (Phi) is 3.99. The van der Waals surface area contributed by atoms with Crippen LogP contribution in [0.1, 0.15) is 19.3 Å². The summed E-state index contributed by atoms with van der Waals surface area (Å²) in [5, 5.41) is 3.43. The maximum Gasteiger partial charge on any atom is 0.216 e. The third-order valence-corrected chi connectivity index (χ3v) is 2.75. The largest absolute Gasteiger partial charge is 0.481 e. The minimum atomic E-state index is 0.460. The standard InChI is InChI=1S/C12H18N2O2/c1-15-11-6-4-7-12(14-11)16-9-10-5-2-3-8-13-10/h4,6-7,10,13H,2-3,5,8-9H2,1H3. The molecule has 0 aromatic carbocycles. The minimum Gasteiger partial charge on any atom is -0.481 e. The molecule has 88 valence electrons. The van der Waals surface area contributed by atoms with Crippen molar-refractivity contribution in [3.05, 3.63) is 18.2 Å². The molecular formula is C12H18N2O2. The van der Waals surface area contributed by atoms with Gasteiger partial charge in [0.05, 0.1) is 7.11 Å². The predicted octanol–water partition coefficient (Wildman–Crippen LogP) is 1.61. The van der Waals surface area contributed by atoms with Crippen LogP contribution in [0, 0.1) is 0 Å². The summed E-state index contributed by atoms with van der Waals surface area (Å²) in [4.78, 5) is 4.20. The number of ether oxygens (including phenoxy) is 2. The average molecular weight is 222 g/mol. The Hall–Kier alpha value is -1.29. The molecule has 2 rings (SSSR count). The first kappa shape index (κ1) is 11.2. The van der Waals surface area contributed by atoms with E-state index in [0.29, 0.717) is 24.4 Å². The molecule has 0 aliphatic carbocycles. The number of piperidine rings is 1. The fraction of sp³-hybridized carbons (Fsp3) is 0.583. The fourth-order valence-corrected chi connectivity index (χ4v) is 1.84. The first-order valence-corrected chi connectivity index (χ1v) is 5.76. The summed E-state index contributed by atoms with van der Waals surface area (Å²) in [6, 6.07) is 6.01. The summed E-state index contributed by atoms with van der Waals surface area (Å²) < 4.78 is 10.7. The highest BCUT2D eigenvalue weighted by atomic mass is 16.5. The predicted molar refractivity (Wildman–Crippen MR) is 61.9 cm³/mol. The number of pyridine rings is 1. The highest BCUT2D eigenvalue weighted by Crippen LogP contribution is 2.14. The summed E-state index contributed by atoms with van der Waals surface area (Å²) in [7, 11) is 1.61. The van der Waals surface area contributed by atoms with Gasteiger partial charge in [0.1, 0.15) is 6.61 Å². The van der Waals surface area contributed by atoms with Gasteiger partial charge in [-0.15, -0.1) is 0 Å². The summed E-state index contributed by atoms with van der Waals surface area (Å²) in [5.74, 6) is 1.22. The zero-order chi connectivity index (χ0) is 11.2. The molecule has 0 bridgehead atoms. The van der Waals surface area contributed by atoms with Gasteiger partial charge in [-0.1, -0.05) is 12.5 Å². The van der Waals surface area contributed by atoms with Crippen LogP contribution in [0.5, 0.6) is 11.8 Å². The molecule has 1 aliphatic rings. The van der Waals surface area contributed by atoms with Crippen LogP contribution in [-0.4, -0.2) is 31.3 Å². The Morgan fingerprint density at radius 3 is 3.00 bits per heavy atom. The summed E-state index contributed by atoms with van der Waals surface area (Å²) in [5.41, 5.74) is 0. The molecule has 0 amide bonds. The summed E-state index contributed by atoms with van der Waals surface area (Å²) >= 11 is 0. The molecule has 0 spiro atoms. The van der Waals surface area contributed by atoms with E-state index in [4.69, 9.17) is 9.47 Å². The lowest BCUT2D eigenvalue weighted by molar-refractivity contribution is 0.229. The van der Waals surface area contributed by atoms with Crippen molar-refractivity contribution < 1.29 is 9.47 Å². The van der Waals surface area contributed by atoms with Gasteiger partial charge in [-0.25, -0.2) is 0 Å². The molecule has 1 N–H and O–H groups in total. The lowest BCUT2D eigenvalue weighted by Crippen LogP contribution is -2.38. The number of hydrogen-bond acceptors (Lipinski definition) is 4. The van der Waals surface area contributed by atoms with Gasteiger partial charge in [0, 0.05) is 18.2 Å². The number of aromatic nitrogens is 1. The Morgan fingerprint density at radius 1 is 1.38 bits per heavy atom. The molecular weight excluding hydrogens is 204 g/mol. The van der Waals surface area contributed by atoms with E-state index in [2.05, 4.69) is 10.3 Å². The molecule has 1 aliphatic heterocycles. The van der Waals surface area contributed by atoms with E-state index in [1.165, 1.54) is 19.3 Å². The topological polar surface area (TPSA) is 43.4 Å². The second-order valence-electron chi connectivity index (χ2n) is 3.98. The van der Waals surface area contributed by atoms with Gasteiger partial charge in [-0.05, 0) is 19.4 Å². The zero-order valence-corrected chi connectivity index (χ0v) is 9.61. The second kappa shape index (κ2) is 5.70. The van der Waals surface area contributed by atoms with Gasteiger partial charge in [-0.3, -0.25) is 0 Å². The van der Waals surface area contributed by atoms with Crippen molar-refractivity contribution in [2.24, 2.45) is 0 Å². The molecule has 16 heavy (non-hydrogen) atoms. The van der Waals surface area contributed by atoms with Gasteiger partial charge in [-0.2, -0.15) is 4.98 Å². The van der Waals surface area contributed by atoms with Gasteiger partial charge in [0.15, 0.2) is 0 Å². The van der Waals surface area contributed by atoms with Gasteiger partial charge >= 0.3 is 0 Å². The summed E-state index contributed by atoms with van der Waals surface area (Å²) in [6.45, 7) is 1.78. The smallest absolute Gasteiger partial charge is 0.216 e. The SMILES string of the molecule is COc1cccc(OCC2CCCCN2)n1. The molecule has 4 heteroatoms. The molecule has 2 heterocycles. The van der Waals surface area contributed by atoms with E-state index in [0.717, 1.165) is 6.54 Å². The number of hydrogen-bond donors (Lipinski definition) is 1. The summed E-state index contributed by atoms with van der Waals surface area (Å²) in [6.07, 6.45) is 3.74. The highest BCUT2D eigenvalue weighted by Gasteiger charge is 2.13. The van der Waals surface area contributed by atoms with Crippen LogP contribution in [0.15, 0.2) is 18.2 Å². The number of nitrogens with one attached hydrogen (secondary N) is 1. The van der Waals surface area contributed by atoms with Crippen LogP contribution in [-0.2, 0) is 0 Å². The van der Waals surface area contributed by atoms with Crippen LogP contribution in [0.4, 0.5) is 0 Å². The molecule has 0 radical (unpaired) electrons. The van der Waals surface area contributed by atoms with E-state index < -0.39 is 0 Å². The van der Waals surface area contributed by atoms with Crippen molar-refractivity contribution in [1.82, 2.24) is 10.3 Å². The molecule has 1 fully saturated rings. The lowest BCUT2D eigenvalue weighted by Gasteiger charge is -2.23. The quantitative estimate of drug-likeness (QED) is 0.840. The van der Waals surface area contributed by atoms with Crippen molar-refractivity contribution in [2.75, 3.05) is 20.3 Å². The first-order valence-electron chi connectivity index (χ1n) is 5.76. The molecule has 0 saturated carbocycles. The maximum absolute atomic E-state index is 5.63. The van der Waals surface area contributed by atoms with E-state index in [9.17, 15) is 0 Å². The minimum absolute atomic E-state index is 0.460. The monoisotopic (exact) mass is 222 g/mol. The molecule has 1 aromatic heterocycles. The first-order chi connectivity index (χ1) is 7.88. The third kappa shape index (κ3) is 3.10. The third-order valence-electron chi connectivity index (χ3n) is 2.75. The zero-order valence-electron chi connectivity index (χ0n) is 9.61. The molecule has 1 aromatic rings. The molecule has 1 unspecified atom stereocenters. The van der Waals surface area contributed by atoms with E-state index in [1.54, 1.807) is 7.11 Å². The van der Waals surface area contributed by atoms with Crippen LogP contribution >= 0.6 is 0 Å². The van der Waals surface area contributed by atoms with Gasteiger partial charge in [0.25, 0.3) is 0 Å². The normalized spacial score (nSPS) is 20.4. The van der Waals surface area contributed by atoms with Crippen LogP contribution < -0.4 is 14.8 Å². The van der Waals surface area contributed by atoms with Crippen LogP contribution in [0.25, 0.3) is 0 Å². The van der Waals surface area contributed by atoms with E-state index >= 15 is 0 Å². The van der Waals surface area contributed by atoms with Gasteiger partial charge < -0.3 is 14.8 Å². The number of rotatable bonds is 4. The Labute approximate surface area is 96.0 Å². The van der Waals surface area contributed by atoms with Crippen LogP contribution in [0.2, 0.25) is 0 Å². The van der Waals surface area contributed by atoms with Crippen molar-refractivity contribution in [3.63, 3.8) is 0 Å². The van der Waals surface area contributed by atoms with Crippen molar-refractivity contribution >= 4 is 0 Å². The Bertz CT molecular complexity index is 325. The van der Waals surface area contributed by atoms with Crippen molar-refractivity contribution in [2.45, 2.75) is 25.3 Å². The average Bonchev–Trinajstić information content (AvgIpc) is 2.38. The number of methoxy groups -OCH3 is 1. The second-order valence-corrected chi connectivity index (χ2v) is 3.98. The highest BCUT2D eigenvalue weighted by molar-refractivity contribution is 5.19. The molecule has 4 nitrogen and oxygen atoms in total. The van der Waals surface area contributed by atoms with Crippen molar-refractivity contribution in [3.8, 4) is 11.8 Å². The molecule has 1 saturated heterocycles. The molecule has 1 atom stereocenters. The lowest BCUT2D eigenvalue weighted by atomic mass is 10.1. The van der Waals surface area contributed by atoms with Gasteiger partial charge in [0.2, 0.25) is 11.8 Å². The van der Waals surface area contributed by atoms with E-state index in [1.807, 2.05) is 18.2 Å². The van der Waals surface area contributed by atoms with Crippen molar-refractivity contribution in [1.29, 1.82) is 0 Å². The van der Waals surface area contributed by atoms with E-state index in [-0.39, 0.29) is 0 Å². The maximum atomic E-state index is 5.63. The Morgan fingerprint density at radius 2 is 2.25 bits per heavy atom. The fourth-order valence-electron chi connectivity index (χ4n) is 1.84.